The van der Waals surface area contributed by atoms with Gasteiger partial charge in [0.1, 0.15) is 18.2 Å². The number of fused-ring (bicyclic) bond motifs is 1. The van der Waals surface area contributed by atoms with Crippen LogP contribution in [0.4, 0.5) is 5.82 Å². The van der Waals surface area contributed by atoms with Gasteiger partial charge in [-0.3, -0.25) is 0 Å². The van der Waals surface area contributed by atoms with Crippen molar-refractivity contribution in [2.24, 2.45) is 0 Å². The number of hydrogen-bond donors (Lipinski definition) is 3. The highest BCUT2D eigenvalue weighted by Crippen LogP contribution is 2.30. The zero-order valence-electron chi connectivity index (χ0n) is 9.47. The summed E-state index contributed by atoms with van der Waals surface area (Å²) in [5.74, 6) is 0.350. The lowest BCUT2D eigenvalue weighted by Gasteiger charge is -2.12. The predicted molar refractivity (Wildman–Crippen MR) is 61.4 cm³/mol. The van der Waals surface area contributed by atoms with Gasteiger partial charge in [0.15, 0.2) is 11.9 Å². The SMILES string of the molecule is Nc1ncnc2c1cnn2[C@@H]1C[C@@H](O)[C@H](CO)O1. The quantitative estimate of drug-likeness (QED) is 0.629. The summed E-state index contributed by atoms with van der Waals surface area (Å²) in [5, 5.41) is 23.5. The Kier molecular flexibility index (Phi) is 2.62. The number of anilines is 1. The van der Waals surface area contributed by atoms with Crippen LogP contribution in [0.5, 0.6) is 0 Å². The maximum absolute atomic E-state index is 9.70. The Labute approximate surface area is 102 Å². The molecule has 8 heteroatoms. The molecule has 0 saturated carbocycles. The second-order valence-electron chi connectivity index (χ2n) is 4.20. The fourth-order valence-corrected chi connectivity index (χ4v) is 2.12. The zero-order chi connectivity index (χ0) is 12.7. The molecule has 0 radical (unpaired) electrons. The molecular formula is C10H13N5O3. The fourth-order valence-electron chi connectivity index (χ4n) is 2.12. The van der Waals surface area contributed by atoms with Gasteiger partial charge in [-0.25, -0.2) is 14.6 Å². The van der Waals surface area contributed by atoms with Gasteiger partial charge < -0.3 is 20.7 Å². The van der Waals surface area contributed by atoms with Crippen LogP contribution < -0.4 is 5.73 Å². The minimum atomic E-state index is -0.710. The average Bonchev–Trinajstić information content (AvgIpc) is 2.93. The minimum absolute atomic E-state index is 0.228. The van der Waals surface area contributed by atoms with E-state index in [1.165, 1.54) is 6.33 Å². The number of nitrogens with zero attached hydrogens (tertiary/aromatic N) is 4. The molecule has 1 saturated heterocycles. The first-order valence-corrected chi connectivity index (χ1v) is 5.58. The van der Waals surface area contributed by atoms with Crippen molar-refractivity contribution in [2.75, 3.05) is 12.3 Å². The van der Waals surface area contributed by atoms with Crippen LogP contribution >= 0.6 is 0 Å². The van der Waals surface area contributed by atoms with Crippen molar-refractivity contribution >= 4 is 16.9 Å². The van der Waals surface area contributed by atoms with Gasteiger partial charge in [-0.05, 0) is 0 Å². The van der Waals surface area contributed by atoms with Crippen molar-refractivity contribution in [3.63, 3.8) is 0 Å². The number of aliphatic hydroxyl groups excluding tert-OH is 2. The van der Waals surface area contributed by atoms with Gasteiger partial charge in [-0.2, -0.15) is 5.10 Å². The Morgan fingerprint density at radius 2 is 2.33 bits per heavy atom. The zero-order valence-corrected chi connectivity index (χ0v) is 9.47. The van der Waals surface area contributed by atoms with E-state index in [2.05, 4.69) is 15.1 Å². The van der Waals surface area contributed by atoms with Crippen molar-refractivity contribution in [2.45, 2.75) is 24.9 Å². The van der Waals surface area contributed by atoms with E-state index in [4.69, 9.17) is 15.6 Å². The van der Waals surface area contributed by atoms with Crippen LogP contribution in [0.2, 0.25) is 0 Å². The number of nitrogens with two attached hydrogens (primary N) is 1. The Balaban J connectivity index is 1.99. The number of hydrogen-bond acceptors (Lipinski definition) is 7. The number of rotatable bonds is 2. The predicted octanol–water partition coefficient (Wildman–Crippen LogP) is -0.951. The summed E-state index contributed by atoms with van der Waals surface area (Å²) in [6.07, 6.45) is 1.51. The highest BCUT2D eigenvalue weighted by atomic mass is 16.5. The Morgan fingerprint density at radius 3 is 3.06 bits per heavy atom. The normalized spacial score (nSPS) is 28.0. The van der Waals surface area contributed by atoms with E-state index in [1.54, 1.807) is 10.9 Å². The Morgan fingerprint density at radius 1 is 1.50 bits per heavy atom. The van der Waals surface area contributed by atoms with Gasteiger partial charge in [-0.15, -0.1) is 0 Å². The molecule has 8 nitrogen and oxygen atoms in total. The molecule has 3 atom stereocenters. The Hall–Kier alpha value is -1.77. The van der Waals surface area contributed by atoms with Crippen LogP contribution in [0.1, 0.15) is 12.6 Å². The van der Waals surface area contributed by atoms with E-state index in [1.807, 2.05) is 0 Å². The summed E-state index contributed by atoms with van der Waals surface area (Å²) in [6, 6.07) is 0. The van der Waals surface area contributed by atoms with Gasteiger partial charge in [0.25, 0.3) is 0 Å². The summed E-state index contributed by atoms with van der Waals surface area (Å²) in [7, 11) is 0. The summed E-state index contributed by atoms with van der Waals surface area (Å²) in [4.78, 5) is 7.98. The lowest BCUT2D eigenvalue weighted by molar-refractivity contribution is -0.0470. The van der Waals surface area contributed by atoms with Gasteiger partial charge in [0, 0.05) is 6.42 Å². The first kappa shape index (κ1) is 11.3. The maximum Gasteiger partial charge on any atom is 0.165 e. The second kappa shape index (κ2) is 4.16. The summed E-state index contributed by atoms with van der Waals surface area (Å²) in [6.45, 7) is -0.228. The van der Waals surface area contributed by atoms with E-state index in [-0.39, 0.29) is 6.61 Å². The molecule has 4 N–H and O–H groups in total. The van der Waals surface area contributed by atoms with E-state index < -0.39 is 18.4 Å². The summed E-state index contributed by atoms with van der Waals surface area (Å²) >= 11 is 0. The van der Waals surface area contributed by atoms with Crippen LogP contribution in [-0.2, 0) is 4.74 Å². The molecule has 18 heavy (non-hydrogen) atoms. The van der Waals surface area contributed by atoms with Crippen LogP contribution in [0, 0.1) is 0 Å². The molecule has 0 amide bonds. The van der Waals surface area contributed by atoms with Crippen molar-refractivity contribution in [1.29, 1.82) is 0 Å². The van der Waals surface area contributed by atoms with Gasteiger partial charge in [0.2, 0.25) is 0 Å². The Bertz CT molecular complexity index is 572. The largest absolute Gasteiger partial charge is 0.394 e. The van der Waals surface area contributed by atoms with E-state index >= 15 is 0 Å². The first-order valence-electron chi connectivity index (χ1n) is 5.58. The highest BCUT2D eigenvalue weighted by molar-refractivity contribution is 5.84. The molecule has 0 aliphatic carbocycles. The third-order valence-corrected chi connectivity index (χ3v) is 3.08. The summed E-state index contributed by atoms with van der Waals surface area (Å²) in [5.41, 5.74) is 6.27. The monoisotopic (exact) mass is 251 g/mol. The van der Waals surface area contributed by atoms with Crippen molar-refractivity contribution in [3.05, 3.63) is 12.5 Å². The smallest absolute Gasteiger partial charge is 0.165 e. The van der Waals surface area contributed by atoms with Crippen LogP contribution in [0.3, 0.4) is 0 Å². The van der Waals surface area contributed by atoms with Gasteiger partial charge in [-0.1, -0.05) is 0 Å². The molecule has 96 valence electrons. The molecule has 0 unspecified atom stereocenters. The van der Waals surface area contributed by atoms with Crippen LogP contribution in [0.15, 0.2) is 12.5 Å². The molecule has 1 fully saturated rings. The van der Waals surface area contributed by atoms with Crippen LogP contribution in [-0.4, -0.2) is 48.8 Å². The molecule has 1 aliphatic rings. The lowest BCUT2D eigenvalue weighted by atomic mass is 10.2. The second-order valence-corrected chi connectivity index (χ2v) is 4.20. The van der Waals surface area contributed by atoms with Crippen molar-refractivity contribution in [3.8, 4) is 0 Å². The minimum Gasteiger partial charge on any atom is -0.394 e. The molecule has 2 aromatic rings. The van der Waals surface area contributed by atoms with Crippen molar-refractivity contribution in [1.82, 2.24) is 19.7 Å². The van der Waals surface area contributed by atoms with E-state index in [0.29, 0.717) is 23.3 Å². The molecule has 3 heterocycles. The number of ether oxygens (including phenoxy) is 1. The van der Waals surface area contributed by atoms with E-state index in [9.17, 15) is 5.11 Å². The topological polar surface area (TPSA) is 119 Å². The van der Waals surface area contributed by atoms with E-state index in [0.717, 1.165) is 0 Å². The third-order valence-electron chi connectivity index (χ3n) is 3.08. The number of aromatic nitrogens is 4. The highest BCUT2D eigenvalue weighted by Gasteiger charge is 2.35. The lowest BCUT2D eigenvalue weighted by Crippen LogP contribution is -2.24. The molecule has 0 bridgehead atoms. The van der Waals surface area contributed by atoms with Gasteiger partial charge in [0.05, 0.1) is 24.3 Å². The maximum atomic E-state index is 9.70. The molecule has 1 aliphatic heterocycles. The molecule has 3 rings (SSSR count). The number of nitrogen functional groups attached to an aromatic ring is 1. The first-order chi connectivity index (χ1) is 8.70. The summed E-state index contributed by atoms with van der Waals surface area (Å²) < 4.78 is 7.06. The fraction of sp³-hybridized carbons (Fsp3) is 0.500. The molecule has 0 spiro atoms. The standard InChI is InChI=1S/C10H13N5O3/c11-9-5-2-14-15(10(5)13-4-12-9)8-1-6(17)7(3-16)18-8/h2,4,6-8,16-17H,1,3H2,(H2,11,12,13)/t6-,7+,8+/m1/s1. The molecule has 0 aromatic carbocycles. The average molecular weight is 251 g/mol. The molecular weight excluding hydrogens is 238 g/mol. The third kappa shape index (κ3) is 1.62. The number of aliphatic hydroxyl groups is 2. The van der Waals surface area contributed by atoms with Crippen LogP contribution in [0.25, 0.3) is 11.0 Å². The van der Waals surface area contributed by atoms with Crippen molar-refractivity contribution < 1.29 is 14.9 Å². The molecule has 2 aromatic heterocycles. The van der Waals surface area contributed by atoms with Gasteiger partial charge >= 0.3 is 0 Å².